The predicted octanol–water partition coefficient (Wildman–Crippen LogP) is 3.39. The first-order chi connectivity index (χ1) is 10.2. The maximum atomic E-state index is 5.27. The molecular formula is C17H31N3O. The maximum absolute atomic E-state index is 5.27. The average molecular weight is 293 g/mol. The van der Waals surface area contributed by atoms with Gasteiger partial charge in [0.05, 0.1) is 6.61 Å². The van der Waals surface area contributed by atoms with E-state index in [9.17, 15) is 0 Å². The predicted molar refractivity (Wildman–Crippen MR) is 89.9 cm³/mol. The summed E-state index contributed by atoms with van der Waals surface area (Å²) in [5.74, 6) is 1.08. The first-order valence-electron chi connectivity index (χ1n) is 8.09. The second-order valence-corrected chi connectivity index (χ2v) is 5.54. The monoisotopic (exact) mass is 293 g/mol. The summed E-state index contributed by atoms with van der Waals surface area (Å²) in [5.41, 5.74) is 1.27. The van der Waals surface area contributed by atoms with E-state index in [4.69, 9.17) is 4.74 Å². The van der Waals surface area contributed by atoms with Crippen molar-refractivity contribution in [2.45, 2.75) is 52.6 Å². The highest BCUT2D eigenvalue weighted by Crippen LogP contribution is 2.26. The van der Waals surface area contributed by atoms with Crippen LogP contribution in [0.3, 0.4) is 0 Å². The average Bonchev–Trinajstić information content (AvgIpc) is 2.53. The van der Waals surface area contributed by atoms with Crippen LogP contribution in [0, 0.1) is 0 Å². The van der Waals surface area contributed by atoms with Gasteiger partial charge in [-0.2, -0.15) is 0 Å². The van der Waals surface area contributed by atoms with Gasteiger partial charge in [-0.05, 0) is 39.3 Å². The molecule has 1 aromatic rings. The Hall–Kier alpha value is -1.13. The lowest BCUT2D eigenvalue weighted by Gasteiger charge is -2.32. The highest BCUT2D eigenvalue weighted by atomic mass is 16.5. The molecule has 4 heteroatoms. The molecule has 1 heterocycles. The SMILES string of the molecule is CCCNC(C)c1cccnc1N(CCOC)C(C)CC. The first kappa shape index (κ1) is 17.9. The minimum absolute atomic E-state index is 0.308. The lowest BCUT2D eigenvalue weighted by atomic mass is 10.1. The number of pyridine rings is 1. The number of hydrogen-bond donors (Lipinski definition) is 1. The molecule has 0 aliphatic carbocycles. The van der Waals surface area contributed by atoms with Gasteiger partial charge in [0.15, 0.2) is 0 Å². The number of methoxy groups -OCH3 is 1. The Morgan fingerprint density at radius 3 is 2.71 bits per heavy atom. The molecule has 0 spiro atoms. The summed E-state index contributed by atoms with van der Waals surface area (Å²) in [6, 6.07) is 4.96. The molecule has 0 aromatic carbocycles. The zero-order valence-electron chi connectivity index (χ0n) is 14.2. The summed E-state index contributed by atoms with van der Waals surface area (Å²) in [6.07, 6.45) is 4.11. The van der Waals surface area contributed by atoms with Crippen LogP contribution < -0.4 is 10.2 Å². The molecule has 0 amide bonds. The van der Waals surface area contributed by atoms with Crippen molar-refractivity contribution in [2.24, 2.45) is 0 Å². The van der Waals surface area contributed by atoms with Crippen LogP contribution in [0.5, 0.6) is 0 Å². The van der Waals surface area contributed by atoms with Crippen molar-refractivity contribution in [3.63, 3.8) is 0 Å². The molecule has 0 fully saturated rings. The molecule has 1 rings (SSSR count). The smallest absolute Gasteiger partial charge is 0.133 e. The van der Waals surface area contributed by atoms with Gasteiger partial charge in [-0.25, -0.2) is 4.98 Å². The maximum Gasteiger partial charge on any atom is 0.133 e. The van der Waals surface area contributed by atoms with E-state index < -0.39 is 0 Å². The van der Waals surface area contributed by atoms with Crippen LogP contribution in [-0.4, -0.2) is 37.8 Å². The van der Waals surface area contributed by atoms with E-state index >= 15 is 0 Å². The molecular weight excluding hydrogens is 262 g/mol. The van der Waals surface area contributed by atoms with E-state index in [1.165, 1.54) is 5.56 Å². The van der Waals surface area contributed by atoms with Crippen molar-refractivity contribution in [1.29, 1.82) is 0 Å². The van der Waals surface area contributed by atoms with Gasteiger partial charge < -0.3 is 15.0 Å². The van der Waals surface area contributed by atoms with Crippen LogP contribution in [0.25, 0.3) is 0 Å². The molecule has 120 valence electrons. The third-order valence-corrected chi connectivity index (χ3v) is 3.92. The normalized spacial score (nSPS) is 14.0. The lowest BCUT2D eigenvalue weighted by molar-refractivity contribution is 0.203. The van der Waals surface area contributed by atoms with Gasteiger partial charge in [-0.15, -0.1) is 0 Å². The van der Waals surface area contributed by atoms with Crippen LogP contribution in [0.15, 0.2) is 18.3 Å². The number of nitrogens with zero attached hydrogens (tertiary/aromatic N) is 2. The Morgan fingerprint density at radius 2 is 2.10 bits per heavy atom. The zero-order valence-corrected chi connectivity index (χ0v) is 14.2. The number of rotatable bonds is 10. The molecule has 21 heavy (non-hydrogen) atoms. The fraction of sp³-hybridized carbons (Fsp3) is 0.706. The highest BCUT2D eigenvalue weighted by Gasteiger charge is 2.19. The third kappa shape index (κ3) is 5.29. The number of nitrogens with one attached hydrogen (secondary N) is 1. The van der Waals surface area contributed by atoms with Crippen LogP contribution in [0.1, 0.15) is 52.1 Å². The van der Waals surface area contributed by atoms with E-state index in [1.54, 1.807) is 7.11 Å². The fourth-order valence-corrected chi connectivity index (χ4v) is 2.40. The van der Waals surface area contributed by atoms with E-state index in [1.807, 2.05) is 12.3 Å². The molecule has 1 N–H and O–H groups in total. The molecule has 2 atom stereocenters. The van der Waals surface area contributed by atoms with Crippen molar-refractivity contribution in [1.82, 2.24) is 10.3 Å². The van der Waals surface area contributed by atoms with Gasteiger partial charge in [0.1, 0.15) is 5.82 Å². The minimum atomic E-state index is 0.308. The Morgan fingerprint density at radius 1 is 1.33 bits per heavy atom. The Kier molecular flexibility index (Phi) is 8.31. The molecule has 4 nitrogen and oxygen atoms in total. The van der Waals surface area contributed by atoms with Crippen molar-refractivity contribution in [3.8, 4) is 0 Å². The molecule has 0 radical (unpaired) electrons. The van der Waals surface area contributed by atoms with Crippen molar-refractivity contribution in [2.75, 3.05) is 31.7 Å². The second kappa shape index (κ2) is 9.74. The van der Waals surface area contributed by atoms with Gasteiger partial charge >= 0.3 is 0 Å². The molecule has 1 aromatic heterocycles. The van der Waals surface area contributed by atoms with Gasteiger partial charge in [-0.3, -0.25) is 0 Å². The summed E-state index contributed by atoms with van der Waals surface area (Å²) in [5, 5.41) is 3.56. The van der Waals surface area contributed by atoms with Crippen LogP contribution in [0.4, 0.5) is 5.82 Å². The van der Waals surface area contributed by atoms with E-state index in [-0.39, 0.29) is 0 Å². The number of hydrogen-bond acceptors (Lipinski definition) is 4. The molecule has 0 saturated carbocycles. The molecule has 2 unspecified atom stereocenters. The third-order valence-electron chi connectivity index (χ3n) is 3.92. The number of ether oxygens (including phenoxy) is 1. The number of aromatic nitrogens is 1. The van der Waals surface area contributed by atoms with Gasteiger partial charge in [-0.1, -0.05) is 19.9 Å². The Bertz CT molecular complexity index is 397. The number of anilines is 1. The summed E-state index contributed by atoms with van der Waals surface area (Å²) in [7, 11) is 1.75. The highest BCUT2D eigenvalue weighted by molar-refractivity contribution is 5.49. The molecule has 0 saturated heterocycles. The van der Waals surface area contributed by atoms with E-state index in [0.29, 0.717) is 12.1 Å². The molecule has 0 aliphatic rings. The standard InChI is InChI=1S/C17H31N3O/c1-6-10-18-15(4)16-9-8-11-19-17(16)20(12-13-21-5)14(3)7-2/h8-9,11,14-15,18H,6-7,10,12-13H2,1-5H3. The first-order valence-corrected chi connectivity index (χ1v) is 8.09. The summed E-state index contributed by atoms with van der Waals surface area (Å²) < 4.78 is 5.27. The minimum Gasteiger partial charge on any atom is -0.383 e. The van der Waals surface area contributed by atoms with Crippen molar-refractivity contribution < 1.29 is 4.74 Å². The van der Waals surface area contributed by atoms with Gasteiger partial charge in [0.25, 0.3) is 0 Å². The molecule has 0 bridgehead atoms. The largest absolute Gasteiger partial charge is 0.383 e. The van der Waals surface area contributed by atoms with E-state index in [0.717, 1.165) is 38.4 Å². The second-order valence-electron chi connectivity index (χ2n) is 5.54. The molecule has 0 aliphatic heterocycles. The quantitative estimate of drug-likeness (QED) is 0.717. The van der Waals surface area contributed by atoms with Crippen LogP contribution in [0.2, 0.25) is 0 Å². The summed E-state index contributed by atoms with van der Waals surface area (Å²) >= 11 is 0. The topological polar surface area (TPSA) is 37.4 Å². The van der Waals surface area contributed by atoms with Crippen molar-refractivity contribution >= 4 is 5.82 Å². The van der Waals surface area contributed by atoms with Crippen LogP contribution in [-0.2, 0) is 4.74 Å². The van der Waals surface area contributed by atoms with Gasteiger partial charge in [0, 0.05) is 37.5 Å². The lowest BCUT2D eigenvalue weighted by Crippen LogP contribution is -2.37. The van der Waals surface area contributed by atoms with E-state index in [2.05, 4.69) is 49.0 Å². The fourth-order valence-electron chi connectivity index (χ4n) is 2.40. The van der Waals surface area contributed by atoms with Gasteiger partial charge in [0.2, 0.25) is 0 Å². The van der Waals surface area contributed by atoms with Crippen molar-refractivity contribution in [3.05, 3.63) is 23.9 Å². The van der Waals surface area contributed by atoms with Crippen LogP contribution >= 0.6 is 0 Å². The summed E-state index contributed by atoms with van der Waals surface area (Å²) in [6.45, 7) is 11.5. The summed E-state index contributed by atoms with van der Waals surface area (Å²) in [4.78, 5) is 7.02. The Balaban J connectivity index is 3.00. The Labute approximate surface area is 129 Å². The zero-order chi connectivity index (χ0) is 15.7.